The van der Waals surface area contributed by atoms with Crippen LogP contribution in [-0.4, -0.2) is 20.2 Å². The predicted molar refractivity (Wildman–Crippen MR) is 102 cm³/mol. The van der Waals surface area contributed by atoms with Gasteiger partial charge in [-0.2, -0.15) is 0 Å². The van der Waals surface area contributed by atoms with Crippen LogP contribution in [0.1, 0.15) is 0 Å². The van der Waals surface area contributed by atoms with Gasteiger partial charge < -0.3 is 10.2 Å². The summed E-state index contributed by atoms with van der Waals surface area (Å²) >= 11 is 0. The quantitative estimate of drug-likeness (QED) is 0.518. The van der Waals surface area contributed by atoms with Gasteiger partial charge >= 0.3 is 0 Å². The van der Waals surface area contributed by atoms with E-state index in [0.29, 0.717) is 33.6 Å². The lowest BCUT2D eigenvalue weighted by atomic mass is 10.0. The van der Waals surface area contributed by atoms with E-state index in [2.05, 4.69) is 9.97 Å². The normalized spacial score (nSPS) is 10.8. The summed E-state index contributed by atoms with van der Waals surface area (Å²) in [4.78, 5) is 8.65. The molecule has 0 saturated heterocycles. The number of hydrogen-bond acceptors (Lipinski definition) is 4. The van der Waals surface area contributed by atoms with E-state index in [1.807, 2.05) is 0 Å². The van der Waals surface area contributed by atoms with Crippen LogP contribution in [0.2, 0.25) is 0 Å². The molecule has 4 aromatic rings. The Morgan fingerprint density at radius 1 is 0.571 bits per heavy atom. The fourth-order valence-corrected chi connectivity index (χ4v) is 2.91. The Labute approximate surface area is 159 Å². The zero-order chi connectivity index (χ0) is 19.7. The van der Waals surface area contributed by atoms with Crippen LogP contribution in [0.4, 0.5) is 8.78 Å². The number of hydrogen-bond donors (Lipinski definition) is 2. The first-order chi connectivity index (χ1) is 13.5. The van der Waals surface area contributed by atoms with Crippen LogP contribution in [-0.2, 0) is 0 Å². The number of phenolic OH excluding ortho intramolecular Hbond substituents is 2. The lowest BCUT2D eigenvalue weighted by Gasteiger charge is -2.08. The molecule has 2 aromatic carbocycles. The number of halogens is 2. The van der Waals surface area contributed by atoms with Crippen LogP contribution in [0.25, 0.3) is 33.6 Å². The summed E-state index contributed by atoms with van der Waals surface area (Å²) in [6.45, 7) is 0. The molecule has 0 saturated carbocycles. The van der Waals surface area contributed by atoms with Gasteiger partial charge in [-0.3, -0.25) is 9.97 Å². The van der Waals surface area contributed by atoms with E-state index in [9.17, 15) is 19.0 Å². The van der Waals surface area contributed by atoms with E-state index in [4.69, 9.17) is 0 Å². The zero-order valence-corrected chi connectivity index (χ0v) is 14.5. The molecule has 0 aliphatic heterocycles. The van der Waals surface area contributed by atoms with Crippen LogP contribution in [0.5, 0.6) is 11.5 Å². The first-order valence-electron chi connectivity index (χ1n) is 8.43. The monoisotopic (exact) mass is 376 g/mol. The third-order valence-corrected chi connectivity index (χ3v) is 4.38. The van der Waals surface area contributed by atoms with Crippen LogP contribution in [0.3, 0.4) is 0 Å². The van der Waals surface area contributed by atoms with Crippen molar-refractivity contribution in [2.75, 3.05) is 0 Å². The highest BCUT2D eigenvalue weighted by atomic mass is 19.1. The summed E-state index contributed by atoms with van der Waals surface area (Å²) in [6, 6.07) is 15.4. The predicted octanol–water partition coefficient (Wildman–Crippen LogP) is 5.17. The lowest BCUT2D eigenvalue weighted by Crippen LogP contribution is -1.90. The number of rotatable bonds is 3. The van der Waals surface area contributed by atoms with Crippen molar-refractivity contribution in [1.29, 1.82) is 0 Å². The summed E-state index contributed by atoms with van der Waals surface area (Å²) in [5, 5.41) is 19.7. The zero-order valence-electron chi connectivity index (χ0n) is 14.5. The van der Waals surface area contributed by atoms with Crippen LogP contribution in [0.15, 0.2) is 73.1 Å². The van der Waals surface area contributed by atoms with Crippen molar-refractivity contribution >= 4 is 0 Å². The van der Waals surface area contributed by atoms with Crippen LogP contribution >= 0.6 is 0 Å². The largest absolute Gasteiger partial charge is 0.504 e. The smallest absolute Gasteiger partial charge is 0.165 e. The fourth-order valence-electron chi connectivity index (χ4n) is 2.91. The van der Waals surface area contributed by atoms with Gasteiger partial charge in [0.15, 0.2) is 23.1 Å². The van der Waals surface area contributed by atoms with Gasteiger partial charge in [0.2, 0.25) is 0 Å². The molecule has 4 rings (SSSR count). The van der Waals surface area contributed by atoms with E-state index in [-0.39, 0.29) is 0 Å². The Morgan fingerprint density at radius 2 is 1.00 bits per heavy atom. The first kappa shape index (κ1) is 17.6. The second-order valence-electron chi connectivity index (χ2n) is 6.14. The molecule has 0 atom stereocenters. The topological polar surface area (TPSA) is 66.2 Å². The third kappa shape index (κ3) is 3.16. The Balaban J connectivity index is 1.63. The maximum Gasteiger partial charge on any atom is 0.165 e. The molecule has 0 unspecified atom stereocenters. The number of pyridine rings is 2. The molecule has 2 N–H and O–H groups in total. The van der Waals surface area contributed by atoms with E-state index >= 15 is 0 Å². The summed E-state index contributed by atoms with van der Waals surface area (Å²) in [7, 11) is 0. The van der Waals surface area contributed by atoms with E-state index in [1.54, 1.807) is 36.4 Å². The molecule has 0 fully saturated rings. The van der Waals surface area contributed by atoms with E-state index in [1.165, 1.54) is 36.7 Å². The van der Waals surface area contributed by atoms with Crippen molar-refractivity contribution in [2.24, 2.45) is 0 Å². The maximum absolute atomic E-state index is 13.5. The van der Waals surface area contributed by atoms with E-state index < -0.39 is 23.1 Å². The van der Waals surface area contributed by atoms with Gasteiger partial charge in [0, 0.05) is 34.6 Å². The van der Waals surface area contributed by atoms with Gasteiger partial charge in [0.25, 0.3) is 0 Å². The van der Waals surface area contributed by atoms with Gasteiger partial charge in [-0.05, 0) is 24.3 Å². The molecule has 2 aromatic heterocycles. The second kappa shape index (κ2) is 7.08. The van der Waals surface area contributed by atoms with Crippen molar-refractivity contribution in [3.8, 4) is 45.1 Å². The summed E-state index contributed by atoms with van der Waals surface area (Å²) in [5.74, 6) is -2.23. The highest BCUT2D eigenvalue weighted by Gasteiger charge is 2.11. The second-order valence-corrected chi connectivity index (χ2v) is 6.14. The number of phenols is 2. The minimum absolute atomic E-state index is 0.351. The van der Waals surface area contributed by atoms with Crippen molar-refractivity contribution in [2.45, 2.75) is 0 Å². The molecular weight excluding hydrogens is 362 g/mol. The maximum atomic E-state index is 13.5. The van der Waals surface area contributed by atoms with Crippen LogP contribution in [0, 0.1) is 11.6 Å². The van der Waals surface area contributed by atoms with Crippen LogP contribution < -0.4 is 0 Å². The molecule has 0 amide bonds. The van der Waals surface area contributed by atoms with Crippen molar-refractivity contribution < 1.29 is 19.0 Å². The highest BCUT2D eigenvalue weighted by Crippen LogP contribution is 2.33. The average Bonchev–Trinajstić information content (AvgIpc) is 2.72. The molecule has 0 spiro atoms. The molecule has 0 radical (unpaired) electrons. The Morgan fingerprint density at radius 3 is 1.36 bits per heavy atom. The number of nitrogens with zero attached hydrogens (tertiary/aromatic N) is 2. The summed E-state index contributed by atoms with van der Waals surface area (Å²) in [6.07, 6.45) is 3.05. The molecule has 0 bridgehead atoms. The number of aromatic hydroxyl groups is 2. The van der Waals surface area contributed by atoms with Crippen molar-refractivity contribution in [1.82, 2.24) is 9.97 Å². The van der Waals surface area contributed by atoms with Gasteiger partial charge in [-0.15, -0.1) is 0 Å². The minimum atomic E-state index is -0.695. The summed E-state index contributed by atoms with van der Waals surface area (Å²) in [5.41, 5.74) is 3.00. The first-order valence-corrected chi connectivity index (χ1v) is 8.43. The average molecular weight is 376 g/mol. The van der Waals surface area contributed by atoms with Gasteiger partial charge in [0.05, 0.1) is 11.4 Å². The van der Waals surface area contributed by atoms with E-state index in [0.717, 1.165) is 0 Å². The molecule has 4 nitrogen and oxygen atoms in total. The molecular formula is C22H14F2N2O2. The molecule has 138 valence electrons. The number of benzene rings is 2. The van der Waals surface area contributed by atoms with Crippen molar-refractivity contribution in [3.63, 3.8) is 0 Å². The number of para-hydroxylation sites is 2. The minimum Gasteiger partial charge on any atom is -0.504 e. The molecule has 0 aliphatic carbocycles. The standard InChI is InChI=1S/C22H14F2N2O2/c23-17-5-1-3-15(21(17)27)13-7-9-19(25-11-13)20-10-8-14(12-26-20)16-4-2-6-18(24)22(16)28/h1-12,27-28H. The molecule has 0 aliphatic rings. The fraction of sp³-hybridized carbons (Fsp3) is 0. The molecule has 6 heteroatoms. The Kier molecular flexibility index (Phi) is 4.45. The Bertz CT molecular complexity index is 1050. The van der Waals surface area contributed by atoms with Crippen molar-refractivity contribution in [3.05, 3.63) is 84.7 Å². The molecule has 2 heterocycles. The van der Waals surface area contributed by atoms with Gasteiger partial charge in [-0.25, -0.2) is 8.78 Å². The Hall–Kier alpha value is -3.80. The van der Waals surface area contributed by atoms with Gasteiger partial charge in [-0.1, -0.05) is 36.4 Å². The SMILES string of the molecule is Oc1c(F)cccc1-c1ccc(-c2ccc(-c3cccc(F)c3O)cn2)nc1. The van der Waals surface area contributed by atoms with Gasteiger partial charge in [0.1, 0.15) is 0 Å². The highest BCUT2D eigenvalue weighted by molar-refractivity contribution is 5.73. The number of aromatic nitrogens is 2. The lowest BCUT2D eigenvalue weighted by molar-refractivity contribution is 0.434. The molecule has 28 heavy (non-hydrogen) atoms. The summed E-state index contributed by atoms with van der Waals surface area (Å²) < 4.78 is 27.0. The third-order valence-electron chi connectivity index (χ3n) is 4.38.